The number of imidazole rings is 1. The maximum Gasteiger partial charge on any atom is 0.345 e. The van der Waals surface area contributed by atoms with Gasteiger partial charge in [0.1, 0.15) is 34.4 Å². The second-order valence-electron chi connectivity index (χ2n) is 6.99. The van der Waals surface area contributed by atoms with Crippen LogP contribution in [0.4, 0.5) is 0 Å². The van der Waals surface area contributed by atoms with Crippen molar-refractivity contribution in [3.05, 3.63) is 64.6 Å². The SMILES string of the molecule is COC(=O)/C(=C(\O)COC(=O)c1c(C)nc(-c2cccs2)nc1SC)c1nc2ccccc2[nH]1. The molecule has 0 saturated carbocycles. The molecule has 0 spiro atoms. The van der Waals surface area contributed by atoms with Crippen molar-refractivity contribution in [1.29, 1.82) is 0 Å². The van der Waals surface area contributed by atoms with Crippen LogP contribution in [0.5, 0.6) is 0 Å². The Morgan fingerprint density at radius 1 is 1.15 bits per heavy atom. The number of fused-ring (bicyclic) bond motifs is 1. The monoisotopic (exact) mass is 496 g/mol. The second kappa shape index (κ2) is 10.1. The van der Waals surface area contributed by atoms with Gasteiger partial charge in [0.25, 0.3) is 0 Å². The van der Waals surface area contributed by atoms with Crippen molar-refractivity contribution in [3.8, 4) is 10.7 Å². The van der Waals surface area contributed by atoms with Gasteiger partial charge in [0.15, 0.2) is 5.82 Å². The van der Waals surface area contributed by atoms with E-state index < -0.39 is 24.3 Å². The number of nitrogens with one attached hydrogen (secondary N) is 1. The van der Waals surface area contributed by atoms with E-state index in [9.17, 15) is 14.7 Å². The molecular weight excluding hydrogens is 476 g/mol. The summed E-state index contributed by atoms with van der Waals surface area (Å²) in [5.41, 5.74) is 1.70. The first-order valence-corrected chi connectivity index (χ1v) is 12.1. The lowest BCUT2D eigenvalue weighted by atomic mass is 10.2. The van der Waals surface area contributed by atoms with Gasteiger partial charge in [0, 0.05) is 0 Å². The Morgan fingerprint density at radius 3 is 2.62 bits per heavy atom. The third kappa shape index (κ3) is 4.66. The normalized spacial score (nSPS) is 11.9. The molecule has 3 heterocycles. The number of ether oxygens (including phenoxy) is 2. The van der Waals surface area contributed by atoms with Crippen LogP contribution in [0, 0.1) is 6.92 Å². The predicted octanol–water partition coefficient (Wildman–Crippen LogP) is 4.41. The highest BCUT2D eigenvalue weighted by Crippen LogP contribution is 2.28. The van der Waals surface area contributed by atoms with Crippen LogP contribution in [0.15, 0.2) is 52.6 Å². The van der Waals surface area contributed by atoms with E-state index in [-0.39, 0.29) is 17.0 Å². The Bertz CT molecular complexity index is 1360. The van der Waals surface area contributed by atoms with Crippen LogP contribution in [0.1, 0.15) is 21.9 Å². The molecule has 0 radical (unpaired) electrons. The standard InChI is InChI=1S/C23H20N4O5S2/c1-12-17(21(33-3)27-19(24-12)16-9-6-10-34-16)23(30)32-11-15(28)18(22(29)31-2)20-25-13-7-4-5-8-14(13)26-20/h4-10,28H,11H2,1-3H3,(H,25,26)/b18-15-. The first kappa shape index (κ1) is 23.5. The summed E-state index contributed by atoms with van der Waals surface area (Å²) in [6, 6.07) is 10.9. The van der Waals surface area contributed by atoms with Gasteiger partial charge in [-0.25, -0.2) is 24.5 Å². The van der Waals surface area contributed by atoms with Crippen LogP contribution in [-0.2, 0) is 14.3 Å². The maximum atomic E-state index is 12.9. The summed E-state index contributed by atoms with van der Waals surface area (Å²) < 4.78 is 10.1. The average Bonchev–Trinajstić information content (AvgIpc) is 3.52. The van der Waals surface area contributed by atoms with Gasteiger partial charge >= 0.3 is 11.9 Å². The first-order chi connectivity index (χ1) is 16.4. The number of rotatable bonds is 7. The highest BCUT2D eigenvalue weighted by atomic mass is 32.2. The number of carbonyl (C=O) groups is 2. The molecule has 0 aliphatic rings. The van der Waals surface area contributed by atoms with Gasteiger partial charge in [-0.1, -0.05) is 18.2 Å². The zero-order valence-electron chi connectivity index (χ0n) is 18.5. The Balaban J connectivity index is 1.62. The summed E-state index contributed by atoms with van der Waals surface area (Å²) in [5.74, 6) is -1.42. The Morgan fingerprint density at radius 2 is 1.94 bits per heavy atom. The summed E-state index contributed by atoms with van der Waals surface area (Å²) in [7, 11) is 1.19. The maximum absolute atomic E-state index is 12.9. The minimum absolute atomic E-state index is 0.103. The molecule has 0 unspecified atom stereocenters. The number of aromatic nitrogens is 4. The lowest BCUT2D eigenvalue weighted by Crippen LogP contribution is -2.16. The molecule has 0 fully saturated rings. The van der Waals surface area contributed by atoms with Gasteiger partial charge in [-0.3, -0.25) is 0 Å². The molecule has 11 heteroatoms. The summed E-state index contributed by atoms with van der Waals surface area (Å²) in [6.45, 7) is 1.12. The lowest BCUT2D eigenvalue weighted by Gasteiger charge is -2.12. The molecule has 34 heavy (non-hydrogen) atoms. The van der Waals surface area contributed by atoms with E-state index in [4.69, 9.17) is 9.47 Å². The summed E-state index contributed by atoms with van der Waals surface area (Å²) in [5, 5.41) is 13.0. The number of aromatic amines is 1. The smallest absolute Gasteiger partial charge is 0.345 e. The number of thiophene rings is 1. The van der Waals surface area contributed by atoms with Gasteiger partial charge in [-0.2, -0.15) is 0 Å². The number of aliphatic hydroxyl groups excluding tert-OH is 1. The molecule has 1 aromatic carbocycles. The molecule has 0 atom stereocenters. The van der Waals surface area contributed by atoms with Crippen LogP contribution in [0.25, 0.3) is 27.3 Å². The van der Waals surface area contributed by atoms with Crippen molar-refractivity contribution in [1.82, 2.24) is 19.9 Å². The zero-order chi connectivity index (χ0) is 24.2. The number of nitrogens with zero attached hydrogens (tertiary/aromatic N) is 3. The Labute approximate surface area is 202 Å². The van der Waals surface area contributed by atoms with Crippen LogP contribution in [-0.4, -0.2) is 57.0 Å². The fraction of sp³-hybridized carbons (Fsp3) is 0.174. The van der Waals surface area contributed by atoms with E-state index >= 15 is 0 Å². The fourth-order valence-electron chi connectivity index (χ4n) is 3.25. The minimum atomic E-state index is -0.822. The van der Waals surface area contributed by atoms with Crippen LogP contribution in [0.2, 0.25) is 0 Å². The molecule has 2 N–H and O–H groups in total. The molecule has 174 valence electrons. The van der Waals surface area contributed by atoms with E-state index in [0.29, 0.717) is 27.6 Å². The number of H-pyrrole nitrogens is 1. The van der Waals surface area contributed by atoms with Crippen molar-refractivity contribution in [2.24, 2.45) is 0 Å². The first-order valence-electron chi connectivity index (χ1n) is 10.0. The van der Waals surface area contributed by atoms with Gasteiger partial charge in [-0.15, -0.1) is 23.1 Å². The molecule has 0 amide bonds. The fourth-order valence-corrected chi connectivity index (χ4v) is 4.52. The number of esters is 2. The molecule has 4 aromatic rings. The summed E-state index contributed by atoms with van der Waals surface area (Å²) in [4.78, 5) is 42.4. The van der Waals surface area contributed by atoms with Crippen molar-refractivity contribution in [3.63, 3.8) is 0 Å². The van der Waals surface area contributed by atoms with Crippen molar-refractivity contribution in [2.75, 3.05) is 20.0 Å². The topological polar surface area (TPSA) is 127 Å². The van der Waals surface area contributed by atoms with Crippen LogP contribution in [0.3, 0.4) is 0 Å². The lowest BCUT2D eigenvalue weighted by molar-refractivity contribution is -0.133. The molecule has 0 saturated heterocycles. The molecule has 0 aliphatic heterocycles. The van der Waals surface area contributed by atoms with Crippen molar-refractivity contribution < 1.29 is 24.2 Å². The Kier molecular flexibility index (Phi) is 6.94. The minimum Gasteiger partial charge on any atom is -0.508 e. The summed E-state index contributed by atoms with van der Waals surface area (Å²) >= 11 is 2.78. The van der Waals surface area contributed by atoms with E-state index in [1.165, 1.54) is 30.2 Å². The van der Waals surface area contributed by atoms with Gasteiger partial charge in [0.2, 0.25) is 0 Å². The van der Waals surface area contributed by atoms with Crippen molar-refractivity contribution >= 4 is 51.6 Å². The van der Waals surface area contributed by atoms with Gasteiger partial charge in [0.05, 0.1) is 28.7 Å². The molecule has 4 rings (SSSR count). The van der Waals surface area contributed by atoms with E-state index in [2.05, 4.69) is 19.9 Å². The predicted molar refractivity (Wildman–Crippen MR) is 130 cm³/mol. The number of methoxy groups -OCH3 is 1. The van der Waals surface area contributed by atoms with Gasteiger partial charge in [-0.05, 0) is 36.8 Å². The zero-order valence-corrected chi connectivity index (χ0v) is 20.1. The largest absolute Gasteiger partial charge is 0.508 e. The highest BCUT2D eigenvalue weighted by Gasteiger charge is 2.25. The number of para-hydroxylation sites is 2. The number of aliphatic hydroxyl groups is 1. The number of benzene rings is 1. The highest BCUT2D eigenvalue weighted by molar-refractivity contribution is 7.98. The van der Waals surface area contributed by atoms with Crippen LogP contribution >= 0.6 is 23.1 Å². The molecule has 3 aromatic heterocycles. The quantitative estimate of drug-likeness (QED) is 0.126. The number of hydrogen-bond acceptors (Lipinski definition) is 10. The number of carbonyl (C=O) groups excluding carboxylic acids is 2. The third-order valence-electron chi connectivity index (χ3n) is 4.84. The third-order valence-corrected chi connectivity index (χ3v) is 6.39. The van der Waals surface area contributed by atoms with Gasteiger partial charge < -0.3 is 19.6 Å². The molecule has 9 nitrogen and oxygen atoms in total. The molecular formula is C23H20N4O5S2. The number of thioether (sulfide) groups is 1. The van der Waals surface area contributed by atoms with Crippen molar-refractivity contribution in [2.45, 2.75) is 11.9 Å². The van der Waals surface area contributed by atoms with Crippen LogP contribution < -0.4 is 0 Å². The number of aryl methyl sites for hydroxylation is 1. The number of hydrogen-bond donors (Lipinski definition) is 2. The average molecular weight is 497 g/mol. The summed E-state index contributed by atoms with van der Waals surface area (Å²) in [6.07, 6.45) is 1.80. The Hall–Kier alpha value is -3.70. The molecule has 0 bridgehead atoms. The van der Waals surface area contributed by atoms with E-state index in [1.807, 2.05) is 23.6 Å². The second-order valence-corrected chi connectivity index (χ2v) is 8.73. The van der Waals surface area contributed by atoms with E-state index in [1.54, 1.807) is 31.4 Å². The van der Waals surface area contributed by atoms with E-state index in [0.717, 1.165) is 4.88 Å². The molecule has 0 aliphatic carbocycles.